The van der Waals surface area contributed by atoms with Gasteiger partial charge in [0.25, 0.3) is 0 Å². The molecule has 0 aromatic heterocycles. The number of hydrogen-bond donors (Lipinski definition) is 2. The van der Waals surface area contributed by atoms with Crippen molar-refractivity contribution in [3.63, 3.8) is 0 Å². The lowest BCUT2D eigenvalue weighted by Crippen LogP contribution is -2.32. The summed E-state index contributed by atoms with van der Waals surface area (Å²) in [7, 11) is -4.19. The van der Waals surface area contributed by atoms with E-state index in [0.717, 1.165) is 12.1 Å². The van der Waals surface area contributed by atoms with Crippen LogP contribution in [-0.4, -0.2) is 37.4 Å². The average molecular weight is 416 g/mol. The normalized spacial score (nSPS) is 12.2. The number of carbonyl (C=O) groups excluding carboxylic acids is 1. The van der Waals surface area contributed by atoms with E-state index in [1.165, 1.54) is 36.4 Å². The molecule has 0 bridgehead atoms. The second-order valence-electron chi connectivity index (χ2n) is 5.38. The molecular formula is C17H15ClFNO6S. The second-order valence-corrected chi connectivity index (χ2v) is 7.95. The smallest absolute Gasteiger partial charge is 0.411 e. The third-order valence-electron chi connectivity index (χ3n) is 3.50. The summed E-state index contributed by atoms with van der Waals surface area (Å²) in [6.45, 7) is -0.448. The molecule has 0 radical (unpaired) electrons. The molecule has 2 aromatic carbocycles. The van der Waals surface area contributed by atoms with Gasteiger partial charge in [0.2, 0.25) is 0 Å². The number of benzene rings is 2. The standard InChI is InChI=1S/C17H15ClFNO6S/c18-11-1-7-14(8-2-11)27(24,25)15(16(21)22)9-10-26-17(23)20-13-5-3-12(19)4-6-13/h1-8,15H,9-10H2,(H,20,23)(H,21,22). The number of aliphatic carboxylic acids is 1. The minimum atomic E-state index is -4.19. The van der Waals surface area contributed by atoms with Gasteiger partial charge in [0, 0.05) is 17.1 Å². The zero-order chi connectivity index (χ0) is 20.0. The number of anilines is 1. The fourth-order valence-electron chi connectivity index (χ4n) is 2.15. The largest absolute Gasteiger partial charge is 0.480 e. The number of ether oxygens (including phenoxy) is 1. The number of carbonyl (C=O) groups is 2. The van der Waals surface area contributed by atoms with Gasteiger partial charge in [-0.05, 0) is 48.5 Å². The van der Waals surface area contributed by atoms with Crippen LogP contribution in [0.15, 0.2) is 53.4 Å². The third kappa shape index (κ3) is 5.66. The van der Waals surface area contributed by atoms with Gasteiger partial charge >= 0.3 is 12.1 Å². The van der Waals surface area contributed by atoms with Gasteiger partial charge in [-0.3, -0.25) is 10.1 Å². The van der Waals surface area contributed by atoms with Gasteiger partial charge in [-0.2, -0.15) is 0 Å². The van der Waals surface area contributed by atoms with Crippen molar-refractivity contribution in [3.05, 3.63) is 59.4 Å². The number of rotatable bonds is 7. The lowest BCUT2D eigenvalue weighted by Gasteiger charge is -2.14. The first-order valence-electron chi connectivity index (χ1n) is 7.62. The van der Waals surface area contributed by atoms with Crippen LogP contribution in [0.25, 0.3) is 0 Å². The molecule has 0 aliphatic carbocycles. The Morgan fingerprint density at radius 3 is 2.26 bits per heavy atom. The number of carboxylic acids is 1. The molecule has 27 heavy (non-hydrogen) atoms. The highest BCUT2D eigenvalue weighted by Gasteiger charge is 2.34. The van der Waals surface area contributed by atoms with E-state index in [-0.39, 0.29) is 10.6 Å². The van der Waals surface area contributed by atoms with Gasteiger partial charge in [0.1, 0.15) is 5.82 Å². The first kappa shape index (κ1) is 20.7. The van der Waals surface area contributed by atoms with Crippen LogP contribution in [0.5, 0.6) is 0 Å². The molecule has 1 unspecified atom stereocenters. The molecule has 10 heteroatoms. The van der Waals surface area contributed by atoms with Crippen molar-refractivity contribution in [2.75, 3.05) is 11.9 Å². The summed E-state index contributed by atoms with van der Waals surface area (Å²) < 4.78 is 42.6. The summed E-state index contributed by atoms with van der Waals surface area (Å²) in [4.78, 5) is 22.9. The first-order chi connectivity index (χ1) is 12.7. The number of sulfone groups is 1. The highest BCUT2D eigenvalue weighted by molar-refractivity contribution is 7.92. The van der Waals surface area contributed by atoms with Crippen LogP contribution in [0, 0.1) is 5.82 Å². The maximum absolute atomic E-state index is 12.8. The average Bonchev–Trinajstić information content (AvgIpc) is 2.60. The van der Waals surface area contributed by atoms with Crippen LogP contribution in [-0.2, 0) is 19.4 Å². The molecule has 144 valence electrons. The molecule has 2 N–H and O–H groups in total. The van der Waals surface area contributed by atoms with Gasteiger partial charge < -0.3 is 9.84 Å². The Morgan fingerprint density at radius 1 is 1.11 bits per heavy atom. The van der Waals surface area contributed by atoms with E-state index in [9.17, 15) is 27.5 Å². The fourth-order valence-corrected chi connectivity index (χ4v) is 3.79. The Hall–Kier alpha value is -2.65. The number of amides is 1. The van der Waals surface area contributed by atoms with E-state index >= 15 is 0 Å². The molecule has 1 amide bonds. The van der Waals surface area contributed by atoms with Crippen molar-refractivity contribution in [2.24, 2.45) is 0 Å². The number of hydrogen-bond acceptors (Lipinski definition) is 5. The Morgan fingerprint density at radius 2 is 1.70 bits per heavy atom. The van der Waals surface area contributed by atoms with Crippen LogP contribution in [0.4, 0.5) is 14.9 Å². The summed E-state index contributed by atoms with van der Waals surface area (Å²) >= 11 is 5.70. The van der Waals surface area contributed by atoms with E-state index in [4.69, 9.17) is 16.3 Å². The van der Waals surface area contributed by atoms with Crippen molar-refractivity contribution in [1.82, 2.24) is 0 Å². The van der Waals surface area contributed by atoms with Crippen LogP contribution in [0.2, 0.25) is 5.02 Å². The van der Waals surface area contributed by atoms with Crippen molar-refractivity contribution < 1.29 is 32.2 Å². The van der Waals surface area contributed by atoms with E-state index in [1.54, 1.807) is 0 Å². The van der Waals surface area contributed by atoms with Gasteiger partial charge in [0.15, 0.2) is 15.1 Å². The maximum atomic E-state index is 12.8. The van der Waals surface area contributed by atoms with Gasteiger partial charge in [0.05, 0.1) is 11.5 Å². The molecule has 0 fully saturated rings. The topological polar surface area (TPSA) is 110 Å². The highest BCUT2D eigenvalue weighted by atomic mass is 35.5. The molecule has 0 saturated heterocycles. The molecular weight excluding hydrogens is 401 g/mol. The van der Waals surface area contributed by atoms with Gasteiger partial charge in [-0.25, -0.2) is 17.6 Å². The Kier molecular flexibility index (Phi) is 6.75. The fraction of sp³-hybridized carbons (Fsp3) is 0.176. The molecule has 0 aliphatic rings. The molecule has 0 heterocycles. The van der Waals surface area contributed by atoms with Gasteiger partial charge in [-0.1, -0.05) is 11.6 Å². The van der Waals surface area contributed by atoms with Crippen molar-refractivity contribution in [3.8, 4) is 0 Å². The molecule has 0 saturated carbocycles. The van der Waals surface area contributed by atoms with E-state index in [0.29, 0.717) is 5.02 Å². The van der Waals surface area contributed by atoms with E-state index in [2.05, 4.69) is 5.32 Å². The monoisotopic (exact) mass is 415 g/mol. The van der Waals surface area contributed by atoms with Crippen molar-refractivity contribution in [2.45, 2.75) is 16.6 Å². The zero-order valence-electron chi connectivity index (χ0n) is 13.8. The van der Waals surface area contributed by atoms with Crippen LogP contribution in [0.1, 0.15) is 6.42 Å². The summed E-state index contributed by atoms with van der Waals surface area (Å²) in [6.07, 6.45) is -1.37. The van der Waals surface area contributed by atoms with Crippen LogP contribution >= 0.6 is 11.6 Å². The lowest BCUT2D eigenvalue weighted by atomic mass is 10.3. The molecule has 0 spiro atoms. The quantitative estimate of drug-likeness (QED) is 0.717. The summed E-state index contributed by atoms with van der Waals surface area (Å²) in [6, 6.07) is 9.96. The zero-order valence-corrected chi connectivity index (χ0v) is 15.3. The molecule has 2 aromatic rings. The predicted octanol–water partition coefficient (Wildman–Crippen LogP) is 3.34. The Balaban J connectivity index is 1.98. The molecule has 7 nitrogen and oxygen atoms in total. The Labute approximate surface area is 159 Å². The minimum Gasteiger partial charge on any atom is -0.480 e. The first-order valence-corrected chi connectivity index (χ1v) is 9.54. The molecule has 0 aliphatic heterocycles. The molecule has 1 atom stereocenters. The van der Waals surface area contributed by atoms with Crippen molar-refractivity contribution in [1.29, 1.82) is 0 Å². The summed E-state index contributed by atoms with van der Waals surface area (Å²) in [5.74, 6) is -2.04. The van der Waals surface area contributed by atoms with Crippen LogP contribution in [0.3, 0.4) is 0 Å². The SMILES string of the molecule is O=C(Nc1ccc(F)cc1)OCCC(C(=O)O)S(=O)(=O)c1ccc(Cl)cc1. The maximum Gasteiger partial charge on any atom is 0.411 e. The lowest BCUT2D eigenvalue weighted by molar-refractivity contribution is -0.136. The van der Waals surface area contributed by atoms with E-state index < -0.39 is 46.0 Å². The summed E-state index contributed by atoms with van der Waals surface area (Å²) in [5, 5.41) is 10.1. The third-order valence-corrected chi connectivity index (χ3v) is 5.86. The predicted molar refractivity (Wildman–Crippen MR) is 96.0 cm³/mol. The number of nitrogens with one attached hydrogen (secondary N) is 1. The van der Waals surface area contributed by atoms with Crippen LogP contribution < -0.4 is 5.32 Å². The number of carboxylic acid groups (broad SMARTS) is 1. The van der Waals surface area contributed by atoms with E-state index in [1.807, 2.05) is 0 Å². The minimum absolute atomic E-state index is 0.199. The Bertz CT molecular complexity index is 915. The van der Waals surface area contributed by atoms with Crippen molar-refractivity contribution >= 4 is 39.2 Å². The second kappa shape index (κ2) is 8.83. The summed E-state index contributed by atoms with van der Waals surface area (Å²) in [5.41, 5.74) is 0.268. The number of halogens is 2. The van der Waals surface area contributed by atoms with Gasteiger partial charge in [-0.15, -0.1) is 0 Å². The molecule has 2 rings (SSSR count). The highest BCUT2D eigenvalue weighted by Crippen LogP contribution is 2.21.